The minimum atomic E-state index is -0.382. The van der Waals surface area contributed by atoms with E-state index >= 15 is 0 Å². The predicted molar refractivity (Wildman–Crippen MR) is 163 cm³/mol. The predicted octanol–water partition coefficient (Wildman–Crippen LogP) is 6.13. The molecule has 0 saturated carbocycles. The van der Waals surface area contributed by atoms with Crippen molar-refractivity contribution < 1.29 is 19.0 Å². The minimum Gasteiger partial charge on any atom is -0.490 e. The molecule has 0 spiro atoms. The van der Waals surface area contributed by atoms with E-state index in [-0.39, 0.29) is 18.1 Å². The monoisotopic (exact) mass is 590 g/mol. The van der Waals surface area contributed by atoms with Gasteiger partial charge in [-0.3, -0.25) is 4.98 Å². The van der Waals surface area contributed by atoms with Crippen molar-refractivity contribution in [1.82, 2.24) is 14.9 Å². The Morgan fingerprint density at radius 2 is 1.85 bits per heavy atom. The first-order valence-electron chi connectivity index (χ1n) is 13.1. The molecule has 2 atom stereocenters. The highest BCUT2D eigenvalue weighted by Crippen LogP contribution is 2.45. The van der Waals surface area contributed by atoms with Crippen molar-refractivity contribution in [3.05, 3.63) is 106 Å². The van der Waals surface area contributed by atoms with Crippen LogP contribution in [0, 0.1) is 13.8 Å². The van der Waals surface area contributed by atoms with E-state index in [9.17, 15) is 4.79 Å². The number of methoxy groups -OCH3 is 2. The molecule has 2 aromatic carbocycles. The molecule has 0 radical (unpaired) electrons. The number of thiocarbonyl (C=S) groups is 1. The first-order chi connectivity index (χ1) is 19.8. The highest BCUT2D eigenvalue weighted by Gasteiger charge is 2.42. The lowest BCUT2D eigenvalue weighted by Gasteiger charge is -2.28. The lowest BCUT2D eigenvalue weighted by Crippen LogP contribution is -2.29. The number of carbonyl (C=O) groups is 1. The number of benzene rings is 2. The van der Waals surface area contributed by atoms with Crippen molar-refractivity contribution in [2.24, 2.45) is 0 Å². The van der Waals surface area contributed by atoms with Crippen LogP contribution in [-0.4, -0.2) is 48.1 Å². The average molecular weight is 591 g/mol. The van der Waals surface area contributed by atoms with Gasteiger partial charge in [-0.2, -0.15) is 0 Å². The lowest BCUT2D eigenvalue weighted by molar-refractivity contribution is 0.0600. The van der Waals surface area contributed by atoms with Gasteiger partial charge in [-0.1, -0.05) is 23.7 Å². The average Bonchev–Trinajstić information content (AvgIpc) is 3.48. The van der Waals surface area contributed by atoms with Crippen LogP contribution in [0.4, 0.5) is 5.69 Å². The normalized spacial score (nSPS) is 16.5. The second-order valence-corrected chi connectivity index (χ2v) is 10.5. The number of pyridine rings is 1. The van der Waals surface area contributed by atoms with Crippen LogP contribution in [0.15, 0.2) is 72.9 Å². The summed E-state index contributed by atoms with van der Waals surface area (Å²) in [6.07, 6.45) is 1.78. The van der Waals surface area contributed by atoms with Crippen LogP contribution in [0.1, 0.15) is 45.1 Å². The standard InChI is InChI=1S/C31H31ClN4O4S/c1-19-16-24(20(2)35(19)22-9-7-8-21(17-22)30(37)39-4)29-28(26-10-5-6-13-33-26)34-31(41)36(29)23-11-12-27(25(32)18-23)40-15-14-38-3/h5-13,16-18,28-29H,14-15H2,1-4H3,(H,34,41)/t28-,29-/m1/s1. The molecule has 0 amide bonds. The smallest absolute Gasteiger partial charge is 0.337 e. The molecular formula is C31H31ClN4O4S. The molecule has 41 heavy (non-hydrogen) atoms. The first kappa shape index (κ1) is 28.6. The number of aromatic nitrogens is 2. The van der Waals surface area contributed by atoms with Crippen molar-refractivity contribution in [2.75, 3.05) is 32.3 Å². The van der Waals surface area contributed by atoms with Crippen LogP contribution < -0.4 is 15.0 Å². The number of anilines is 1. The number of nitrogens with zero attached hydrogens (tertiary/aromatic N) is 3. The quantitative estimate of drug-likeness (QED) is 0.142. The van der Waals surface area contributed by atoms with E-state index in [0.29, 0.717) is 34.7 Å². The third kappa shape index (κ3) is 5.66. The van der Waals surface area contributed by atoms with Gasteiger partial charge in [0.25, 0.3) is 0 Å². The summed E-state index contributed by atoms with van der Waals surface area (Å²) in [5.41, 5.74) is 6.13. The molecule has 1 fully saturated rings. The van der Waals surface area contributed by atoms with Gasteiger partial charge in [-0.05, 0) is 86.2 Å². The molecule has 1 aliphatic heterocycles. The minimum absolute atomic E-state index is 0.226. The Balaban J connectivity index is 1.60. The fourth-order valence-corrected chi connectivity index (χ4v) is 5.89. The topological polar surface area (TPSA) is 77.9 Å². The fraction of sp³-hybridized carbons (Fsp3) is 0.258. The number of esters is 1. The number of carbonyl (C=O) groups excluding carboxylic acids is 1. The molecule has 0 aliphatic carbocycles. The Labute approximate surface area is 249 Å². The molecule has 212 valence electrons. The maximum absolute atomic E-state index is 12.2. The first-order valence-corrected chi connectivity index (χ1v) is 13.9. The molecule has 0 unspecified atom stereocenters. The molecule has 1 N–H and O–H groups in total. The second kappa shape index (κ2) is 12.3. The Bertz CT molecular complexity index is 1580. The van der Waals surface area contributed by atoms with Crippen LogP contribution in [-0.2, 0) is 9.47 Å². The Morgan fingerprint density at radius 3 is 2.56 bits per heavy atom. The van der Waals surface area contributed by atoms with E-state index in [1.54, 1.807) is 19.4 Å². The summed E-state index contributed by atoms with van der Waals surface area (Å²) >= 11 is 12.6. The van der Waals surface area contributed by atoms with E-state index in [1.165, 1.54) is 7.11 Å². The summed E-state index contributed by atoms with van der Waals surface area (Å²) in [4.78, 5) is 19.0. The van der Waals surface area contributed by atoms with Crippen LogP contribution in [0.5, 0.6) is 5.75 Å². The van der Waals surface area contributed by atoms with Crippen molar-refractivity contribution in [2.45, 2.75) is 25.9 Å². The number of hydrogen-bond donors (Lipinski definition) is 1. The fourth-order valence-electron chi connectivity index (χ4n) is 5.31. The van der Waals surface area contributed by atoms with Gasteiger partial charge in [0.2, 0.25) is 0 Å². The van der Waals surface area contributed by atoms with E-state index in [2.05, 4.69) is 32.8 Å². The highest BCUT2D eigenvalue weighted by molar-refractivity contribution is 7.80. The summed E-state index contributed by atoms with van der Waals surface area (Å²) in [6.45, 7) is 4.98. The van der Waals surface area contributed by atoms with Crippen molar-refractivity contribution in [1.29, 1.82) is 0 Å². The maximum Gasteiger partial charge on any atom is 0.337 e. The summed E-state index contributed by atoms with van der Waals surface area (Å²) in [7, 11) is 3.01. The van der Waals surface area contributed by atoms with Crippen LogP contribution >= 0.6 is 23.8 Å². The molecule has 4 aromatic rings. The maximum atomic E-state index is 12.2. The SMILES string of the molecule is COCCOc1ccc(N2C(=S)N[C@H](c3ccccn3)[C@H]2c2cc(C)n(-c3cccc(C(=O)OC)c3)c2C)cc1Cl. The zero-order valence-corrected chi connectivity index (χ0v) is 24.8. The van der Waals surface area contributed by atoms with Crippen LogP contribution in [0.2, 0.25) is 5.02 Å². The molecule has 5 rings (SSSR count). The second-order valence-electron chi connectivity index (χ2n) is 9.66. The van der Waals surface area contributed by atoms with Gasteiger partial charge in [-0.15, -0.1) is 0 Å². The number of hydrogen-bond acceptors (Lipinski definition) is 6. The van der Waals surface area contributed by atoms with Crippen LogP contribution in [0.3, 0.4) is 0 Å². The number of ether oxygens (including phenoxy) is 3. The molecule has 2 aromatic heterocycles. The van der Waals surface area contributed by atoms with Gasteiger partial charge in [0.15, 0.2) is 5.11 Å². The summed E-state index contributed by atoms with van der Waals surface area (Å²) in [6, 6.07) is 20.6. The molecule has 0 bridgehead atoms. The van der Waals surface area contributed by atoms with Gasteiger partial charge in [0.1, 0.15) is 12.4 Å². The lowest BCUT2D eigenvalue weighted by atomic mass is 9.96. The van der Waals surface area contributed by atoms with Crippen molar-refractivity contribution in [3.63, 3.8) is 0 Å². The Kier molecular flexibility index (Phi) is 8.58. The summed E-state index contributed by atoms with van der Waals surface area (Å²) in [5, 5.41) is 4.54. The Hall–Kier alpha value is -3.92. The van der Waals surface area contributed by atoms with Gasteiger partial charge < -0.3 is 29.0 Å². The van der Waals surface area contributed by atoms with E-state index in [1.807, 2.05) is 61.5 Å². The molecule has 1 saturated heterocycles. The molecule has 8 nitrogen and oxygen atoms in total. The van der Waals surface area contributed by atoms with Gasteiger partial charge in [0, 0.05) is 36.1 Å². The van der Waals surface area contributed by atoms with Gasteiger partial charge >= 0.3 is 5.97 Å². The number of nitrogens with one attached hydrogen (secondary N) is 1. The van der Waals surface area contributed by atoms with Gasteiger partial charge in [-0.25, -0.2) is 4.79 Å². The Morgan fingerprint density at radius 1 is 1.02 bits per heavy atom. The molecule has 10 heteroatoms. The van der Waals surface area contributed by atoms with Crippen molar-refractivity contribution >= 4 is 40.6 Å². The third-order valence-corrected chi connectivity index (χ3v) is 7.76. The summed E-state index contributed by atoms with van der Waals surface area (Å²) in [5.74, 6) is 0.194. The van der Waals surface area contributed by atoms with Crippen LogP contribution in [0.25, 0.3) is 5.69 Å². The molecule has 1 aliphatic rings. The van der Waals surface area contributed by atoms with E-state index in [4.69, 9.17) is 38.0 Å². The van der Waals surface area contributed by atoms with Crippen molar-refractivity contribution in [3.8, 4) is 11.4 Å². The zero-order chi connectivity index (χ0) is 29.1. The molecule has 3 heterocycles. The van der Waals surface area contributed by atoms with Gasteiger partial charge in [0.05, 0.1) is 42.1 Å². The largest absolute Gasteiger partial charge is 0.490 e. The summed E-state index contributed by atoms with van der Waals surface area (Å²) < 4.78 is 17.9. The zero-order valence-electron chi connectivity index (χ0n) is 23.3. The highest BCUT2D eigenvalue weighted by atomic mass is 35.5. The number of aryl methyl sites for hydroxylation is 1. The number of halogens is 1. The van der Waals surface area contributed by atoms with E-state index < -0.39 is 0 Å². The van der Waals surface area contributed by atoms with E-state index in [0.717, 1.165) is 34.0 Å². The third-order valence-electron chi connectivity index (χ3n) is 7.15. The number of rotatable bonds is 9. The molecular weight excluding hydrogens is 560 g/mol.